The van der Waals surface area contributed by atoms with Gasteiger partial charge in [0.05, 0.1) is 33.7 Å². The summed E-state index contributed by atoms with van der Waals surface area (Å²) in [5.41, 5.74) is 5.07. The van der Waals surface area contributed by atoms with Crippen LogP contribution < -0.4 is 5.01 Å². The van der Waals surface area contributed by atoms with Gasteiger partial charge in [0.25, 0.3) is 0 Å². The third-order valence-electron chi connectivity index (χ3n) is 6.78. The van der Waals surface area contributed by atoms with Gasteiger partial charge in [-0.15, -0.1) is 0 Å². The number of nitrogens with zero attached hydrogens (tertiary/aromatic N) is 4. The van der Waals surface area contributed by atoms with Gasteiger partial charge >= 0.3 is 0 Å². The number of aromatic nitrogens is 1. The van der Waals surface area contributed by atoms with Crippen LogP contribution in [0.1, 0.15) is 66.3 Å². The van der Waals surface area contributed by atoms with Gasteiger partial charge in [0, 0.05) is 18.4 Å². The van der Waals surface area contributed by atoms with E-state index in [4.69, 9.17) is 16.7 Å². The van der Waals surface area contributed by atoms with Crippen molar-refractivity contribution in [2.45, 2.75) is 51.5 Å². The molecule has 5 nitrogen and oxygen atoms in total. The summed E-state index contributed by atoms with van der Waals surface area (Å²) in [6, 6.07) is 11.9. The van der Waals surface area contributed by atoms with Gasteiger partial charge < -0.3 is 0 Å². The third-order valence-corrected chi connectivity index (χ3v) is 7.10. The summed E-state index contributed by atoms with van der Waals surface area (Å²) < 4.78 is 0. The molecule has 1 fully saturated rings. The molecule has 1 aromatic heterocycles. The molecule has 2 unspecified atom stereocenters. The Kier molecular flexibility index (Phi) is 4.83. The van der Waals surface area contributed by atoms with Crippen molar-refractivity contribution in [3.05, 3.63) is 57.9 Å². The molecule has 5 rings (SSSR count). The molecule has 6 heteroatoms. The minimum absolute atomic E-state index is 0.00836. The molecule has 1 aromatic carbocycles. The Morgan fingerprint density at radius 3 is 2.70 bits per heavy atom. The van der Waals surface area contributed by atoms with Crippen LogP contribution >= 0.6 is 11.6 Å². The molecule has 30 heavy (non-hydrogen) atoms. The first-order valence-electron chi connectivity index (χ1n) is 10.7. The van der Waals surface area contributed by atoms with Gasteiger partial charge in [0.15, 0.2) is 5.78 Å². The quantitative estimate of drug-likeness (QED) is 0.646. The highest BCUT2D eigenvalue weighted by Crippen LogP contribution is 2.44. The van der Waals surface area contributed by atoms with Gasteiger partial charge in [-0.2, -0.15) is 10.4 Å². The van der Waals surface area contributed by atoms with E-state index in [1.54, 1.807) is 13.0 Å². The molecule has 152 valence electrons. The summed E-state index contributed by atoms with van der Waals surface area (Å²) in [5.74, 6) is 0.933. The van der Waals surface area contributed by atoms with Gasteiger partial charge in [-0.1, -0.05) is 24.4 Å². The summed E-state index contributed by atoms with van der Waals surface area (Å²) >= 11 is 6.36. The number of anilines is 1. The first-order chi connectivity index (χ1) is 14.6. The van der Waals surface area contributed by atoms with Crippen molar-refractivity contribution in [3.8, 4) is 6.07 Å². The maximum Gasteiger partial charge on any atom is 0.178 e. The second-order valence-electron chi connectivity index (χ2n) is 8.53. The van der Waals surface area contributed by atoms with Crippen LogP contribution in [0.25, 0.3) is 0 Å². The molecule has 0 radical (unpaired) electrons. The number of halogens is 1. The molecule has 3 aliphatic rings. The number of ketones is 1. The van der Waals surface area contributed by atoms with Gasteiger partial charge in [0.2, 0.25) is 0 Å². The summed E-state index contributed by atoms with van der Waals surface area (Å²) in [5, 5.41) is 16.9. The van der Waals surface area contributed by atoms with E-state index >= 15 is 0 Å². The highest BCUT2D eigenvalue weighted by molar-refractivity contribution is 6.32. The van der Waals surface area contributed by atoms with Crippen LogP contribution in [0, 0.1) is 23.2 Å². The number of pyridine rings is 1. The fourth-order valence-corrected chi connectivity index (χ4v) is 5.57. The molecule has 2 atom stereocenters. The first kappa shape index (κ1) is 19.3. The minimum atomic E-state index is -0.00836. The number of fused-ring (bicyclic) bond motifs is 3. The topological polar surface area (TPSA) is 69.3 Å². The Hall–Kier alpha value is -2.71. The van der Waals surface area contributed by atoms with Gasteiger partial charge in [-0.25, -0.2) is 4.98 Å². The number of nitriles is 1. The third kappa shape index (κ3) is 3.11. The lowest BCUT2D eigenvalue weighted by molar-refractivity contribution is 0.101. The van der Waals surface area contributed by atoms with Crippen molar-refractivity contribution in [1.29, 1.82) is 5.26 Å². The zero-order valence-electron chi connectivity index (χ0n) is 16.9. The van der Waals surface area contributed by atoms with Crippen LogP contribution in [-0.2, 0) is 6.42 Å². The van der Waals surface area contributed by atoms with Crippen LogP contribution in [0.5, 0.6) is 0 Å². The standard InChI is InChI=1S/C24H23ClN4O/c1-14(30)21-10-8-18-22(27-21)11-9-19-23(18)28-29(24(19)15-4-2-3-5-15)17-7-6-16(13-26)20(25)12-17/h6-8,10,12,15,19,24H,2-5,9,11H2,1H3. The van der Waals surface area contributed by atoms with Crippen molar-refractivity contribution in [1.82, 2.24) is 4.98 Å². The summed E-state index contributed by atoms with van der Waals surface area (Å²) in [6.45, 7) is 1.56. The van der Waals surface area contributed by atoms with E-state index in [1.165, 1.54) is 25.7 Å². The number of Topliss-reactive ketones (excluding diaryl/α,β-unsaturated/α-hetero) is 1. The van der Waals surface area contributed by atoms with E-state index < -0.39 is 0 Å². The SMILES string of the molecule is CC(=O)c1ccc2c(n1)CCC1C2=NN(c2ccc(C#N)c(Cl)c2)C1C1CCCC1. The normalized spacial score (nSPS) is 23.0. The fraction of sp³-hybridized carbons (Fsp3) is 0.417. The molecule has 2 aromatic rings. The number of hydrogen-bond donors (Lipinski definition) is 0. The summed E-state index contributed by atoms with van der Waals surface area (Å²) in [7, 11) is 0. The zero-order chi connectivity index (χ0) is 20.8. The Morgan fingerprint density at radius 2 is 2.00 bits per heavy atom. The first-order valence-corrected chi connectivity index (χ1v) is 11.0. The van der Waals surface area contributed by atoms with E-state index in [-0.39, 0.29) is 5.78 Å². The second-order valence-corrected chi connectivity index (χ2v) is 8.94. The summed E-state index contributed by atoms with van der Waals surface area (Å²) in [4.78, 5) is 16.4. The highest BCUT2D eigenvalue weighted by atomic mass is 35.5. The largest absolute Gasteiger partial charge is 0.293 e. The molecule has 0 bridgehead atoms. The molecule has 2 aliphatic carbocycles. The van der Waals surface area contributed by atoms with Crippen LogP contribution in [0.15, 0.2) is 35.4 Å². The number of hydrazone groups is 1. The molecular weight excluding hydrogens is 396 g/mol. The Morgan fingerprint density at radius 1 is 1.20 bits per heavy atom. The Bertz CT molecular complexity index is 1100. The average Bonchev–Trinajstić information content (AvgIpc) is 3.40. The van der Waals surface area contributed by atoms with Crippen molar-refractivity contribution in [3.63, 3.8) is 0 Å². The Labute approximate surface area is 181 Å². The monoisotopic (exact) mass is 418 g/mol. The fourth-order valence-electron chi connectivity index (χ4n) is 5.36. The van der Waals surface area contributed by atoms with Crippen LogP contribution in [0.2, 0.25) is 5.02 Å². The van der Waals surface area contributed by atoms with Crippen molar-refractivity contribution in [2.24, 2.45) is 16.9 Å². The lowest BCUT2D eigenvalue weighted by Crippen LogP contribution is -2.40. The van der Waals surface area contributed by atoms with Gasteiger partial charge in [-0.05, 0) is 61.9 Å². The smallest absolute Gasteiger partial charge is 0.178 e. The predicted octanol–water partition coefficient (Wildman–Crippen LogP) is 5.15. The van der Waals surface area contributed by atoms with Crippen LogP contribution in [-0.4, -0.2) is 22.5 Å². The number of rotatable bonds is 3. The van der Waals surface area contributed by atoms with Gasteiger partial charge in [0.1, 0.15) is 11.8 Å². The summed E-state index contributed by atoms with van der Waals surface area (Å²) in [6.07, 6.45) is 6.83. The predicted molar refractivity (Wildman–Crippen MR) is 117 cm³/mol. The van der Waals surface area contributed by atoms with E-state index in [2.05, 4.69) is 16.1 Å². The molecule has 2 heterocycles. The van der Waals surface area contributed by atoms with Crippen molar-refractivity contribution in [2.75, 3.05) is 5.01 Å². The molecule has 0 N–H and O–H groups in total. The van der Waals surface area contributed by atoms with Crippen molar-refractivity contribution >= 4 is 28.8 Å². The molecule has 1 saturated carbocycles. The lowest BCUT2D eigenvalue weighted by Gasteiger charge is -2.34. The second kappa shape index (κ2) is 7.52. The average molecular weight is 419 g/mol. The number of benzene rings is 1. The maximum atomic E-state index is 11.8. The van der Waals surface area contributed by atoms with Crippen LogP contribution in [0.3, 0.4) is 0 Å². The molecule has 0 spiro atoms. The van der Waals surface area contributed by atoms with E-state index in [0.717, 1.165) is 35.5 Å². The lowest BCUT2D eigenvalue weighted by atomic mass is 9.76. The molecular formula is C24H23ClN4O. The van der Waals surface area contributed by atoms with Gasteiger partial charge in [-0.3, -0.25) is 9.80 Å². The molecule has 0 amide bonds. The van der Waals surface area contributed by atoms with Crippen LogP contribution in [0.4, 0.5) is 5.69 Å². The van der Waals surface area contributed by atoms with E-state index in [0.29, 0.717) is 34.2 Å². The maximum absolute atomic E-state index is 11.8. The minimum Gasteiger partial charge on any atom is -0.293 e. The number of carbonyl (C=O) groups is 1. The molecule has 0 saturated heterocycles. The molecule has 1 aliphatic heterocycles. The highest BCUT2D eigenvalue weighted by Gasteiger charge is 2.45. The number of aryl methyl sites for hydroxylation is 1. The number of hydrogen-bond acceptors (Lipinski definition) is 5. The Balaban J connectivity index is 1.59. The zero-order valence-corrected chi connectivity index (χ0v) is 17.7. The van der Waals surface area contributed by atoms with E-state index in [1.807, 2.05) is 24.3 Å². The van der Waals surface area contributed by atoms with Crippen molar-refractivity contribution < 1.29 is 4.79 Å². The van der Waals surface area contributed by atoms with E-state index in [9.17, 15) is 10.1 Å². The number of carbonyl (C=O) groups excluding carboxylic acids is 1.